The number of nitrogens with zero attached hydrogens (tertiary/aromatic N) is 1. The van der Waals surface area contributed by atoms with Gasteiger partial charge in [-0.1, -0.05) is 31.4 Å². The fourth-order valence-corrected chi connectivity index (χ4v) is 4.99. The third kappa shape index (κ3) is 2.76. The van der Waals surface area contributed by atoms with E-state index in [0.717, 1.165) is 49.8 Å². The minimum Gasteiger partial charge on any atom is -0.497 e. The maximum atomic E-state index is 13.3. The van der Waals surface area contributed by atoms with E-state index >= 15 is 0 Å². The highest BCUT2D eigenvalue weighted by molar-refractivity contribution is 6.01. The Balaban J connectivity index is 1.68. The summed E-state index contributed by atoms with van der Waals surface area (Å²) in [4.78, 5) is 27.8. The van der Waals surface area contributed by atoms with Crippen molar-refractivity contribution in [1.29, 1.82) is 0 Å². The maximum Gasteiger partial charge on any atom is 0.233 e. The van der Waals surface area contributed by atoms with Crippen LogP contribution in [0.5, 0.6) is 5.75 Å². The van der Waals surface area contributed by atoms with Crippen LogP contribution in [-0.2, 0) is 15.0 Å². The normalized spacial score (nSPS) is 30.0. The van der Waals surface area contributed by atoms with Crippen molar-refractivity contribution in [3.63, 3.8) is 0 Å². The first-order valence-electron chi connectivity index (χ1n) is 9.63. The van der Waals surface area contributed by atoms with Crippen LogP contribution >= 0.6 is 0 Å². The van der Waals surface area contributed by atoms with Gasteiger partial charge >= 0.3 is 0 Å². The van der Waals surface area contributed by atoms with Crippen molar-refractivity contribution in [2.24, 2.45) is 11.8 Å². The lowest BCUT2D eigenvalue weighted by Gasteiger charge is -2.50. The molecule has 1 aromatic carbocycles. The van der Waals surface area contributed by atoms with Crippen molar-refractivity contribution in [1.82, 2.24) is 4.90 Å². The number of rotatable bonds is 4. The molecule has 2 saturated carbocycles. The van der Waals surface area contributed by atoms with Gasteiger partial charge in [-0.05, 0) is 49.3 Å². The lowest BCUT2D eigenvalue weighted by molar-refractivity contribution is -0.159. The molecule has 0 N–H and O–H groups in total. The van der Waals surface area contributed by atoms with Crippen LogP contribution in [0, 0.1) is 11.8 Å². The van der Waals surface area contributed by atoms with Gasteiger partial charge in [-0.15, -0.1) is 0 Å². The third-order valence-corrected chi connectivity index (χ3v) is 6.67. The highest BCUT2D eigenvalue weighted by atomic mass is 16.5. The molecule has 0 aromatic heterocycles. The van der Waals surface area contributed by atoms with E-state index in [1.165, 1.54) is 6.42 Å². The van der Waals surface area contributed by atoms with E-state index in [4.69, 9.17) is 4.74 Å². The Kier molecular flexibility index (Phi) is 4.30. The fraction of sp³-hybridized carbons (Fsp3) is 0.619. The summed E-state index contributed by atoms with van der Waals surface area (Å²) in [5, 5.41) is 0. The van der Waals surface area contributed by atoms with Crippen molar-refractivity contribution >= 4 is 11.8 Å². The SMILES string of the molecule is COc1cccc([C@@]23CCCC[C@H]2C(=O)N(CC2CCC2)C(=O)C3)c1. The quantitative estimate of drug-likeness (QED) is 0.785. The van der Waals surface area contributed by atoms with Crippen LogP contribution in [0.2, 0.25) is 0 Å². The zero-order chi connectivity index (χ0) is 17.4. The Hall–Kier alpha value is -1.84. The minimum atomic E-state index is -0.336. The zero-order valence-corrected chi connectivity index (χ0v) is 15.0. The summed E-state index contributed by atoms with van der Waals surface area (Å²) in [6, 6.07) is 8.00. The van der Waals surface area contributed by atoms with E-state index in [1.54, 1.807) is 12.0 Å². The van der Waals surface area contributed by atoms with E-state index in [-0.39, 0.29) is 23.1 Å². The number of methoxy groups -OCH3 is 1. The van der Waals surface area contributed by atoms with Crippen molar-refractivity contribution < 1.29 is 14.3 Å². The predicted octanol–water partition coefficient (Wildman–Crippen LogP) is 3.68. The molecule has 0 spiro atoms. The van der Waals surface area contributed by atoms with E-state index in [1.807, 2.05) is 18.2 Å². The number of piperidine rings is 1. The molecule has 1 heterocycles. The van der Waals surface area contributed by atoms with E-state index < -0.39 is 0 Å². The number of carbonyl (C=O) groups excluding carboxylic acids is 2. The van der Waals surface area contributed by atoms with E-state index in [0.29, 0.717) is 18.9 Å². The monoisotopic (exact) mass is 341 g/mol. The number of fused-ring (bicyclic) bond motifs is 1. The van der Waals surface area contributed by atoms with Crippen molar-refractivity contribution in [3.8, 4) is 5.75 Å². The predicted molar refractivity (Wildman–Crippen MR) is 95.3 cm³/mol. The Labute approximate surface area is 149 Å². The Bertz CT molecular complexity index is 681. The Morgan fingerprint density at radius 3 is 2.72 bits per heavy atom. The molecule has 4 heteroatoms. The molecule has 134 valence electrons. The van der Waals surface area contributed by atoms with Gasteiger partial charge < -0.3 is 4.74 Å². The first-order valence-corrected chi connectivity index (χ1v) is 9.63. The second-order valence-electron chi connectivity index (χ2n) is 8.00. The molecular weight excluding hydrogens is 314 g/mol. The van der Waals surface area contributed by atoms with Crippen LogP contribution in [0.15, 0.2) is 24.3 Å². The van der Waals surface area contributed by atoms with Crippen LogP contribution in [0.25, 0.3) is 0 Å². The average molecular weight is 341 g/mol. The Morgan fingerprint density at radius 1 is 1.16 bits per heavy atom. The molecule has 1 aromatic rings. The number of likely N-dealkylation sites (tertiary alicyclic amines) is 1. The van der Waals surface area contributed by atoms with Crippen LogP contribution in [0.3, 0.4) is 0 Å². The summed E-state index contributed by atoms with van der Waals surface area (Å²) in [7, 11) is 1.66. The number of imide groups is 1. The highest BCUT2D eigenvalue weighted by Gasteiger charge is 2.53. The summed E-state index contributed by atoms with van der Waals surface area (Å²) in [6.07, 6.45) is 7.97. The number of hydrogen-bond donors (Lipinski definition) is 0. The molecule has 1 saturated heterocycles. The van der Waals surface area contributed by atoms with Gasteiger partial charge in [0.2, 0.25) is 11.8 Å². The van der Waals surface area contributed by atoms with Crippen LogP contribution in [0.1, 0.15) is 56.9 Å². The summed E-state index contributed by atoms with van der Waals surface area (Å²) < 4.78 is 5.39. The smallest absolute Gasteiger partial charge is 0.233 e. The van der Waals surface area contributed by atoms with E-state index in [9.17, 15) is 9.59 Å². The van der Waals surface area contributed by atoms with Gasteiger partial charge in [0.25, 0.3) is 0 Å². The van der Waals surface area contributed by atoms with Gasteiger partial charge in [0.1, 0.15) is 5.75 Å². The molecular formula is C21H27NO3. The van der Waals surface area contributed by atoms with Crippen molar-refractivity contribution in [3.05, 3.63) is 29.8 Å². The minimum absolute atomic E-state index is 0.0258. The molecule has 0 bridgehead atoms. The highest BCUT2D eigenvalue weighted by Crippen LogP contribution is 2.50. The number of benzene rings is 1. The van der Waals surface area contributed by atoms with Gasteiger partial charge in [0, 0.05) is 24.3 Å². The molecule has 0 unspecified atom stereocenters. The summed E-state index contributed by atoms with van der Waals surface area (Å²) in [6.45, 7) is 0.641. The molecule has 4 nitrogen and oxygen atoms in total. The summed E-state index contributed by atoms with van der Waals surface area (Å²) in [5.74, 6) is 1.36. The number of ether oxygens (including phenoxy) is 1. The zero-order valence-electron chi connectivity index (χ0n) is 15.0. The second-order valence-corrected chi connectivity index (χ2v) is 8.00. The second kappa shape index (κ2) is 6.47. The topological polar surface area (TPSA) is 46.6 Å². The first kappa shape index (κ1) is 16.6. The van der Waals surface area contributed by atoms with Gasteiger partial charge in [0.05, 0.1) is 7.11 Å². The van der Waals surface area contributed by atoms with Crippen molar-refractivity contribution in [2.75, 3.05) is 13.7 Å². The molecule has 3 fully saturated rings. The lowest BCUT2D eigenvalue weighted by Crippen LogP contribution is -2.58. The molecule has 4 rings (SSSR count). The van der Waals surface area contributed by atoms with Crippen LogP contribution in [-0.4, -0.2) is 30.4 Å². The van der Waals surface area contributed by atoms with Crippen molar-refractivity contribution in [2.45, 2.75) is 56.8 Å². The standard InChI is InChI=1S/C21H27NO3/c1-25-17-9-5-8-16(12-17)21-11-3-2-10-18(21)20(24)22(19(23)13-21)14-15-6-4-7-15/h5,8-9,12,15,18H,2-4,6-7,10-11,13-14H2,1H3/t18-,21-/m0/s1. The van der Waals surface area contributed by atoms with Crippen LogP contribution < -0.4 is 4.74 Å². The number of amides is 2. The molecule has 2 aliphatic carbocycles. The number of hydrogen-bond acceptors (Lipinski definition) is 3. The van der Waals surface area contributed by atoms with Gasteiger partial charge in [-0.3, -0.25) is 14.5 Å². The summed E-state index contributed by atoms with van der Waals surface area (Å²) in [5.41, 5.74) is 0.762. The molecule has 25 heavy (non-hydrogen) atoms. The Morgan fingerprint density at radius 2 is 2.00 bits per heavy atom. The third-order valence-electron chi connectivity index (χ3n) is 6.67. The molecule has 3 aliphatic rings. The fourth-order valence-electron chi connectivity index (χ4n) is 4.99. The number of carbonyl (C=O) groups is 2. The van der Waals surface area contributed by atoms with Gasteiger partial charge in [-0.2, -0.15) is 0 Å². The molecule has 2 amide bonds. The lowest BCUT2D eigenvalue weighted by atomic mass is 9.58. The first-order chi connectivity index (χ1) is 12.1. The summed E-state index contributed by atoms with van der Waals surface area (Å²) >= 11 is 0. The molecule has 2 atom stereocenters. The molecule has 1 aliphatic heterocycles. The largest absolute Gasteiger partial charge is 0.497 e. The van der Waals surface area contributed by atoms with Gasteiger partial charge in [-0.25, -0.2) is 0 Å². The maximum absolute atomic E-state index is 13.3. The van der Waals surface area contributed by atoms with Gasteiger partial charge in [0.15, 0.2) is 0 Å². The van der Waals surface area contributed by atoms with E-state index in [2.05, 4.69) is 6.07 Å². The van der Waals surface area contributed by atoms with Crippen LogP contribution in [0.4, 0.5) is 0 Å². The average Bonchev–Trinajstić information content (AvgIpc) is 2.60. The molecule has 0 radical (unpaired) electrons.